The van der Waals surface area contributed by atoms with Crippen LogP contribution in [0.3, 0.4) is 0 Å². The summed E-state index contributed by atoms with van der Waals surface area (Å²) in [5.74, 6) is 0. The molecule has 1 fully saturated rings. The zero-order valence-electron chi connectivity index (χ0n) is 11.7. The minimum Gasteiger partial charge on any atom is -0.381 e. The van der Waals surface area contributed by atoms with E-state index >= 15 is 0 Å². The average molecular weight is 295 g/mol. The molecule has 0 bridgehead atoms. The smallest absolute Gasteiger partial charge is 0.280 e. The zero-order valence-corrected chi connectivity index (χ0v) is 11.7. The summed E-state index contributed by atoms with van der Waals surface area (Å²) >= 11 is 0. The van der Waals surface area contributed by atoms with E-state index in [2.05, 4.69) is 5.32 Å². The molecule has 0 radical (unpaired) electrons. The number of methoxy groups -OCH3 is 1. The Balaban J connectivity index is 2.06. The largest absolute Gasteiger partial charge is 0.381 e. The van der Waals surface area contributed by atoms with Gasteiger partial charge in [-0.15, -0.1) is 0 Å². The van der Waals surface area contributed by atoms with Crippen molar-refractivity contribution in [2.45, 2.75) is 38.0 Å². The number of benzene rings is 1. The van der Waals surface area contributed by atoms with Gasteiger partial charge in [-0.25, -0.2) is 0 Å². The second-order valence-electron chi connectivity index (χ2n) is 5.08. The van der Waals surface area contributed by atoms with Crippen molar-refractivity contribution in [3.8, 4) is 0 Å². The molecule has 0 aromatic heterocycles. The summed E-state index contributed by atoms with van der Waals surface area (Å²) in [4.78, 5) is 20.5. The van der Waals surface area contributed by atoms with E-state index < -0.39 is 9.85 Å². The Hall–Kier alpha value is -2.06. The summed E-state index contributed by atoms with van der Waals surface area (Å²) in [5, 5.41) is 25.0. The van der Waals surface area contributed by atoms with Crippen molar-refractivity contribution in [2.24, 2.45) is 0 Å². The highest BCUT2D eigenvalue weighted by Crippen LogP contribution is 2.26. The second kappa shape index (κ2) is 6.59. The molecule has 114 valence electrons. The van der Waals surface area contributed by atoms with Gasteiger partial charge in [0, 0.05) is 31.3 Å². The lowest BCUT2D eigenvalue weighted by Crippen LogP contribution is -2.27. The first-order valence-electron chi connectivity index (χ1n) is 6.69. The van der Waals surface area contributed by atoms with Crippen molar-refractivity contribution in [3.63, 3.8) is 0 Å². The van der Waals surface area contributed by atoms with Gasteiger partial charge in [-0.3, -0.25) is 20.2 Å². The molecule has 0 spiro atoms. The lowest BCUT2D eigenvalue weighted by atomic mass is 10.1. The van der Waals surface area contributed by atoms with Crippen LogP contribution in [-0.2, 0) is 11.3 Å². The van der Waals surface area contributed by atoms with Crippen LogP contribution in [0, 0.1) is 20.2 Å². The number of non-ortho nitro benzene ring substituents is 1. The highest BCUT2D eigenvalue weighted by atomic mass is 16.6. The van der Waals surface area contributed by atoms with Crippen LogP contribution in [0.5, 0.6) is 0 Å². The molecular weight excluding hydrogens is 278 g/mol. The third kappa shape index (κ3) is 3.73. The number of nitro groups is 2. The van der Waals surface area contributed by atoms with E-state index in [1.54, 1.807) is 7.11 Å². The first kappa shape index (κ1) is 15.3. The first-order chi connectivity index (χ1) is 10.0. The summed E-state index contributed by atoms with van der Waals surface area (Å²) in [6.45, 7) is 0.315. The normalized spacial score (nSPS) is 21.4. The van der Waals surface area contributed by atoms with Crippen molar-refractivity contribution >= 4 is 11.4 Å². The Bertz CT molecular complexity index is 549. The molecule has 0 heterocycles. The molecule has 0 saturated heterocycles. The first-order valence-corrected chi connectivity index (χ1v) is 6.69. The molecule has 1 saturated carbocycles. The number of hydrogen-bond donors (Lipinski definition) is 1. The molecule has 0 aliphatic heterocycles. The number of nitrogens with one attached hydrogen (secondary N) is 1. The van der Waals surface area contributed by atoms with Gasteiger partial charge in [0.2, 0.25) is 0 Å². The molecule has 1 aromatic carbocycles. The van der Waals surface area contributed by atoms with E-state index in [1.807, 2.05) is 0 Å². The molecule has 2 rings (SSSR count). The molecule has 21 heavy (non-hydrogen) atoms. The van der Waals surface area contributed by atoms with Crippen molar-refractivity contribution < 1.29 is 14.6 Å². The highest BCUT2D eigenvalue weighted by Gasteiger charge is 2.25. The quantitative estimate of drug-likeness (QED) is 0.636. The highest BCUT2D eigenvalue weighted by molar-refractivity contribution is 5.49. The molecule has 1 N–H and O–H groups in total. The van der Waals surface area contributed by atoms with Gasteiger partial charge >= 0.3 is 0 Å². The Kier molecular flexibility index (Phi) is 4.81. The predicted octanol–water partition coefficient (Wildman–Crippen LogP) is 2.16. The minimum absolute atomic E-state index is 0.224. The lowest BCUT2D eigenvalue weighted by Gasteiger charge is -2.12. The Morgan fingerprint density at radius 2 is 2.05 bits per heavy atom. The van der Waals surface area contributed by atoms with Crippen LogP contribution < -0.4 is 5.32 Å². The molecule has 1 aromatic rings. The van der Waals surface area contributed by atoms with Gasteiger partial charge in [0.25, 0.3) is 11.4 Å². The second-order valence-corrected chi connectivity index (χ2v) is 5.08. The summed E-state index contributed by atoms with van der Waals surface area (Å²) in [6, 6.07) is 3.98. The lowest BCUT2D eigenvalue weighted by molar-refractivity contribution is -0.394. The maximum atomic E-state index is 11.0. The van der Waals surface area contributed by atoms with Crippen LogP contribution >= 0.6 is 0 Å². The molecule has 8 nitrogen and oxygen atoms in total. The fourth-order valence-electron chi connectivity index (χ4n) is 2.58. The zero-order chi connectivity index (χ0) is 15.4. The Morgan fingerprint density at radius 3 is 2.62 bits per heavy atom. The molecule has 2 atom stereocenters. The van der Waals surface area contributed by atoms with E-state index in [9.17, 15) is 20.2 Å². The van der Waals surface area contributed by atoms with Gasteiger partial charge in [0.15, 0.2) is 0 Å². The van der Waals surface area contributed by atoms with Crippen molar-refractivity contribution in [1.29, 1.82) is 0 Å². The molecule has 8 heteroatoms. The molecule has 1 aliphatic carbocycles. The summed E-state index contributed by atoms with van der Waals surface area (Å²) in [6.07, 6.45) is 3.03. The third-order valence-corrected chi connectivity index (χ3v) is 3.78. The number of nitro benzene ring substituents is 2. The number of ether oxygens (including phenoxy) is 1. The van der Waals surface area contributed by atoms with Gasteiger partial charge in [-0.2, -0.15) is 0 Å². The molecule has 0 amide bonds. The van der Waals surface area contributed by atoms with E-state index in [4.69, 9.17) is 4.74 Å². The molecule has 1 aliphatic rings. The van der Waals surface area contributed by atoms with Crippen molar-refractivity contribution in [2.75, 3.05) is 7.11 Å². The van der Waals surface area contributed by atoms with Gasteiger partial charge in [0.1, 0.15) is 0 Å². The summed E-state index contributed by atoms with van der Waals surface area (Å²) in [5.41, 5.74) is -0.0461. The van der Waals surface area contributed by atoms with Crippen LogP contribution in [0.1, 0.15) is 24.8 Å². The van der Waals surface area contributed by atoms with E-state index in [0.717, 1.165) is 25.3 Å². The van der Waals surface area contributed by atoms with Crippen LogP contribution in [0.15, 0.2) is 18.2 Å². The average Bonchev–Trinajstić information content (AvgIpc) is 2.92. The Labute approximate surface area is 121 Å². The van der Waals surface area contributed by atoms with E-state index in [0.29, 0.717) is 12.1 Å². The third-order valence-electron chi connectivity index (χ3n) is 3.78. The van der Waals surface area contributed by atoms with Gasteiger partial charge in [-0.05, 0) is 25.3 Å². The maximum Gasteiger partial charge on any atom is 0.280 e. The van der Waals surface area contributed by atoms with Crippen LogP contribution in [0.2, 0.25) is 0 Å². The van der Waals surface area contributed by atoms with Crippen molar-refractivity contribution in [1.82, 2.24) is 5.32 Å². The minimum atomic E-state index is -0.635. The van der Waals surface area contributed by atoms with Crippen LogP contribution in [0.25, 0.3) is 0 Å². The molecule has 2 unspecified atom stereocenters. The topological polar surface area (TPSA) is 108 Å². The van der Waals surface area contributed by atoms with Crippen LogP contribution in [0.4, 0.5) is 11.4 Å². The number of nitrogens with zero attached hydrogens (tertiary/aromatic N) is 2. The predicted molar refractivity (Wildman–Crippen MR) is 75.0 cm³/mol. The monoisotopic (exact) mass is 295 g/mol. The number of hydrogen-bond acceptors (Lipinski definition) is 6. The van der Waals surface area contributed by atoms with Gasteiger partial charge < -0.3 is 10.1 Å². The van der Waals surface area contributed by atoms with Gasteiger partial charge in [-0.1, -0.05) is 0 Å². The Morgan fingerprint density at radius 1 is 1.29 bits per heavy atom. The van der Waals surface area contributed by atoms with E-state index in [1.165, 1.54) is 12.1 Å². The van der Waals surface area contributed by atoms with Gasteiger partial charge in [0.05, 0.1) is 22.0 Å². The standard InChI is InChI=1S/C13H17N3O5/c1-21-12-5-3-10(6-12)14-8-9-2-4-11(15(17)18)7-13(9)16(19)20/h2,4,7,10,12,14H,3,5-6,8H2,1H3. The number of rotatable bonds is 6. The SMILES string of the molecule is COC1CCC(NCc2ccc([N+](=O)[O-])cc2[N+](=O)[O-])C1. The fourth-order valence-corrected chi connectivity index (χ4v) is 2.58. The molecular formula is C13H17N3O5. The fraction of sp³-hybridized carbons (Fsp3) is 0.538. The summed E-state index contributed by atoms with van der Waals surface area (Å²) < 4.78 is 5.27. The van der Waals surface area contributed by atoms with Crippen molar-refractivity contribution in [3.05, 3.63) is 44.0 Å². The summed E-state index contributed by atoms with van der Waals surface area (Å²) in [7, 11) is 1.67. The van der Waals surface area contributed by atoms with E-state index in [-0.39, 0.29) is 23.5 Å². The maximum absolute atomic E-state index is 11.0. The van der Waals surface area contributed by atoms with Crippen LogP contribution in [-0.4, -0.2) is 29.1 Å².